The van der Waals surface area contributed by atoms with E-state index in [4.69, 9.17) is 0 Å². The van der Waals surface area contributed by atoms with Crippen LogP contribution in [0, 0.1) is 18.3 Å². The van der Waals surface area contributed by atoms with Crippen molar-refractivity contribution in [2.75, 3.05) is 6.54 Å². The van der Waals surface area contributed by atoms with E-state index in [1.165, 1.54) is 5.56 Å². The summed E-state index contributed by atoms with van der Waals surface area (Å²) in [6.45, 7) is 5.21. The van der Waals surface area contributed by atoms with Gasteiger partial charge in [-0.25, -0.2) is 0 Å². The molecule has 0 saturated carbocycles. The van der Waals surface area contributed by atoms with Gasteiger partial charge in [0.2, 0.25) is 0 Å². The minimum Gasteiger partial charge on any atom is -0.508 e. The second kappa shape index (κ2) is 11.2. The zero-order chi connectivity index (χ0) is 25.7. The van der Waals surface area contributed by atoms with Gasteiger partial charge in [-0.3, -0.25) is 9.69 Å². The third kappa shape index (κ3) is 5.50. The average molecular weight is 481 g/mol. The van der Waals surface area contributed by atoms with E-state index in [0.717, 1.165) is 52.6 Å². The molecule has 1 aliphatic heterocycles. The van der Waals surface area contributed by atoms with Crippen molar-refractivity contribution in [3.8, 4) is 22.9 Å². The second-order valence-corrected chi connectivity index (χ2v) is 9.43. The molecule has 0 unspecified atom stereocenters. The van der Waals surface area contributed by atoms with Crippen LogP contribution in [0.5, 0.6) is 5.75 Å². The van der Waals surface area contributed by atoms with Crippen molar-refractivity contribution in [2.45, 2.75) is 52.1 Å². The van der Waals surface area contributed by atoms with Gasteiger partial charge < -0.3 is 10.2 Å². The van der Waals surface area contributed by atoms with Gasteiger partial charge in [-0.05, 0) is 66.6 Å². The van der Waals surface area contributed by atoms with Gasteiger partial charge in [-0.1, -0.05) is 74.0 Å². The van der Waals surface area contributed by atoms with Crippen LogP contribution in [-0.4, -0.2) is 33.7 Å². The summed E-state index contributed by atoms with van der Waals surface area (Å²) in [6.07, 6.45) is 7.29. The molecular weight excluding hydrogens is 448 g/mol. The first kappa shape index (κ1) is 25.2. The lowest BCUT2D eigenvalue weighted by Crippen LogP contribution is -2.44. The van der Waals surface area contributed by atoms with Crippen molar-refractivity contribution in [1.29, 1.82) is 5.26 Å². The summed E-state index contributed by atoms with van der Waals surface area (Å²) in [5, 5.41) is 30.3. The van der Waals surface area contributed by atoms with Gasteiger partial charge >= 0.3 is 5.97 Å². The third-order valence-electron chi connectivity index (χ3n) is 7.04. The minimum atomic E-state index is -0.803. The Bertz CT molecular complexity index is 1340. The molecule has 0 spiro atoms. The van der Waals surface area contributed by atoms with E-state index >= 15 is 0 Å². The lowest BCUT2D eigenvalue weighted by Gasteiger charge is -2.33. The van der Waals surface area contributed by atoms with Crippen LogP contribution in [0.2, 0.25) is 0 Å². The summed E-state index contributed by atoms with van der Waals surface area (Å²) < 4.78 is 0. The number of carboxylic acids is 1. The molecule has 3 aromatic rings. The van der Waals surface area contributed by atoms with E-state index in [9.17, 15) is 20.3 Å². The van der Waals surface area contributed by atoms with E-state index in [2.05, 4.69) is 25.1 Å². The number of hydrogen-bond donors (Lipinski definition) is 2. The van der Waals surface area contributed by atoms with Gasteiger partial charge in [-0.2, -0.15) is 5.26 Å². The maximum atomic E-state index is 11.6. The van der Waals surface area contributed by atoms with Gasteiger partial charge in [-0.15, -0.1) is 0 Å². The van der Waals surface area contributed by atoms with Gasteiger partial charge in [0.1, 0.15) is 17.9 Å². The number of aryl methyl sites for hydroxylation is 2. The number of aliphatic carboxylic acids is 1. The predicted octanol–water partition coefficient (Wildman–Crippen LogP) is 6.41. The van der Waals surface area contributed by atoms with Crippen LogP contribution >= 0.6 is 0 Å². The molecule has 2 N–H and O–H groups in total. The maximum absolute atomic E-state index is 11.6. The number of benzene rings is 3. The highest BCUT2D eigenvalue weighted by molar-refractivity contribution is 5.81. The molecule has 0 radical (unpaired) electrons. The van der Waals surface area contributed by atoms with Crippen molar-refractivity contribution < 1.29 is 15.0 Å². The van der Waals surface area contributed by atoms with Crippen molar-refractivity contribution >= 4 is 18.1 Å². The zero-order valence-electron chi connectivity index (χ0n) is 20.9. The molecule has 184 valence electrons. The molecule has 36 heavy (non-hydrogen) atoms. The normalized spacial score (nSPS) is 16.2. The summed E-state index contributed by atoms with van der Waals surface area (Å²) in [4.78, 5) is 13.6. The number of nitriles is 1. The van der Waals surface area contributed by atoms with E-state index in [-0.39, 0.29) is 5.75 Å². The number of hydrogen-bond acceptors (Lipinski definition) is 4. The van der Waals surface area contributed by atoms with Gasteiger partial charge in [0, 0.05) is 17.7 Å². The first-order valence-electron chi connectivity index (χ1n) is 12.5. The zero-order valence-corrected chi connectivity index (χ0v) is 20.9. The summed E-state index contributed by atoms with van der Waals surface area (Å²) >= 11 is 0. The van der Waals surface area contributed by atoms with E-state index in [1.807, 2.05) is 60.4 Å². The summed E-state index contributed by atoms with van der Waals surface area (Å²) in [7, 11) is 0. The first-order chi connectivity index (χ1) is 17.4. The number of carboxylic acid groups (broad SMARTS) is 1. The molecule has 1 atom stereocenters. The Labute approximate surface area is 212 Å². The molecular formula is C31H32N2O3. The highest BCUT2D eigenvalue weighted by Crippen LogP contribution is 2.30. The fourth-order valence-corrected chi connectivity index (χ4v) is 4.97. The minimum absolute atomic E-state index is 0.153. The molecule has 1 fully saturated rings. The van der Waals surface area contributed by atoms with Crippen LogP contribution in [0.1, 0.15) is 59.6 Å². The summed E-state index contributed by atoms with van der Waals surface area (Å²) in [5.41, 5.74) is 7.15. The number of carbonyl (C=O) groups is 1. The third-order valence-corrected chi connectivity index (χ3v) is 7.04. The molecule has 3 aromatic carbocycles. The molecule has 0 amide bonds. The second-order valence-electron chi connectivity index (χ2n) is 9.43. The number of piperidine rings is 1. The fraction of sp³-hybridized carbons (Fsp3) is 0.290. The topological polar surface area (TPSA) is 84.6 Å². The Morgan fingerprint density at radius 3 is 2.64 bits per heavy atom. The molecule has 0 aromatic heterocycles. The van der Waals surface area contributed by atoms with E-state index < -0.39 is 12.0 Å². The highest BCUT2D eigenvalue weighted by atomic mass is 16.4. The number of phenols is 1. The van der Waals surface area contributed by atoms with Gasteiger partial charge in [0.25, 0.3) is 0 Å². The Hall–Kier alpha value is -3.88. The number of rotatable bonds is 7. The Balaban J connectivity index is 1.61. The van der Waals surface area contributed by atoms with Crippen LogP contribution in [-0.2, 0) is 17.8 Å². The molecule has 1 saturated heterocycles. The average Bonchev–Trinajstić information content (AvgIpc) is 2.89. The predicted molar refractivity (Wildman–Crippen MR) is 143 cm³/mol. The van der Waals surface area contributed by atoms with Crippen LogP contribution in [0.3, 0.4) is 0 Å². The number of likely N-dealkylation sites (tertiary alicyclic amines) is 1. The number of nitrogens with zero attached hydrogens (tertiary/aromatic N) is 2. The number of phenolic OH excluding ortho intramolecular Hbond substituents is 1. The summed E-state index contributed by atoms with van der Waals surface area (Å²) in [5.74, 6) is -0.650. The van der Waals surface area contributed by atoms with Crippen molar-refractivity contribution in [3.05, 3.63) is 88.0 Å². The quantitative estimate of drug-likeness (QED) is 0.382. The number of aromatic hydroxyl groups is 1. The molecule has 0 bridgehead atoms. The van der Waals surface area contributed by atoms with E-state index in [0.29, 0.717) is 25.1 Å². The lowest BCUT2D eigenvalue weighted by atomic mass is 9.94. The largest absolute Gasteiger partial charge is 0.508 e. The Morgan fingerprint density at radius 1 is 1.11 bits per heavy atom. The summed E-state index contributed by atoms with van der Waals surface area (Å²) in [6, 6.07) is 19.6. The van der Waals surface area contributed by atoms with Crippen LogP contribution in [0.25, 0.3) is 23.3 Å². The smallest absolute Gasteiger partial charge is 0.320 e. The SMILES string of the molecule is CCc1cccc(-c2cccc(/C=C/c3cc(O)c(CN4CCCC[C@H]4C(=O)O)cc3C)c2C#N)c1. The van der Waals surface area contributed by atoms with Gasteiger partial charge in [0.05, 0.1) is 5.56 Å². The molecule has 0 aliphatic carbocycles. The highest BCUT2D eigenvalue weighted by Gasteiger charge is 2.28. The van der Waals surface area contributed by atoms with Gasteiger partial charge in [0.15, 0.2) is 0 Å². The molecule has 5 heteroatoms. The Morgan fingerprint density at radius 2 is 1.89 bits per heavy atom. The standard InChI is InChI=1S/C31H32N2O3/c1-3-22-8-6-10-25(17-22)27-11-7-9-23(28(27)19-32)13-14-24-18-30(34)26(16-21(24)2)20-33-15-5-4-12-29(33)31(35)36/h6-11,13-14,16-18,29,34H,3-5,12,15,20H2,1-2H3,(H,35,36)/b14-13+/t29-/m0/s1. The van der Waals surface area contributed by atoms with Crippen molar-refractivity contribution in [2.24, 2.45) is 0 Å². The Kier molecular flexibility index (Phi) is 7.87. The van der Waals surface area contributed by atoms with Crippen LogP contribution in [0.4, 0.5) is 0 Å². The molecule has 1 heterocycles. The molecule has 4 rings (SSSR count). The first-order valence-corrected chi connectivity index (χ1v) is 12.5. The van der Waals surface area contributed by atoms with Crippen molar-refractivity contribution in [3.63, 3.8) is 0 Å². The maximum Gasteiger partial charge on any atom is 0.320 e. The van der Waals surface area contributed by atoms with Crippen LogP contribution < -0.4 is 0 Å². The molecule has 1 aliphatic rings. The van der Waals surface area contributed by atoms with Crippen molar-refractivity contribution in [1.82, 2.24) is 4.90 Å². The monoisotopic (exact) mass is 480 g/mol. The molecule has 5 nitrogen and oxygen atoms in total. The van der Waals surface area contributed by atoms with E-state index in [1.54, 1.807) is 6.07 Å². The fourth-order valence-electron chi connectivity index (χ4n) is 4.97. The lowest BCUT2D eigenvalue weighted by molar-refractivity contribution is -0.144. The van der Waals surface area contributed by atoms with Crippen LogP contribution in [0.15, 0.2) is 54.6 Å².